The predicted molar refractivity (Wildman–Crippen MR) is 86.4 cm³/mol. The van der Waals surface area contributed by atoms with Crippen molar-refractivity contribution in [1.82, 2.24) is 9.80 Å². The summed E-state index contributed by atoms with van der Waals surface area (Å²) in [6.45, 7) is 13.0. The summed E-state index contributed by atoms with van der Waals surface area (Å²) in [6, 6.07) is 0. The SMILES string of the molecule is C=C(/C=C1/N=C(N2CCCC2)C=C(C)N1C)C(C)CC. The molecule has 110 valence electrons. The molecule has 0 radical (unpaired) electrons. The lowest BCUT2D eigenvalue weighted by Gasteiger charge is -2.29. The minimum atomic E-state index is 0.507. The Morgan fingerprint density at radius 3 is 2.70 bits per heavy atom. The third-order valence-electron chi connectivity index (χ3n) is 4.43. The first-order valence-corrected chi connectivity index (χ1v) is 7.69. The van der Waals surface area contributed by atoms with E-state index >= 15 is 0 Å². The summed E-state index contributed by atoms with van der Waals surface area (Å²) in [5, 5.41) is 0. The Kier molecular flexibility index (Phi) is 4.69. The zero-order valence-electron chi connectivity index (χ0n) is 13.3. The van der Waals surface area contributed by atoms with Gasteiger partial charge in [0.15, 0.2) is 0 Å². The largest absolute Gasteiger partial charge is 0.356 e. The molecule has 2 heterocycles. The lowest BCUT2D eigenvalue weighted by atomic mass is 10.00. The lowest BCUT2D eigenvalue weighted by molar-refractivity contribution is 0.477. The smallest absolute Gasteiger partial charge is 0.135 e. The summed E-state index contributed by atoms with van der Waals surface area (Å²) in [4.78, 5) is 9.38. The fourth-order valence-electron chi connectivity index (χ4n) is 2.50. The van der Waals surface area contributed by atoms with Crippen LogP contribution in [0.4, 0.5) is 0 Å². The van der Waals surface area contributed by atoms with E-state index in [2.05, 4.69) is 56.3 Å². The molecule has 2 aliphatic rings. The van der Waals surface area contributed by atoms with E-state index in [0.717, 1.165) is 36.7 Å². The van der Waals surface area contributed by atoms with Gasteiger partial charge in [0, 0.05) is 25.8 Å². The van der Waals surface area contributed by atoms with Crippen LogP contribution in [-0.4, -0.2) is 35.8 Å². The lowest BCUT2D eigenvalue weighted by Crippen LogP contribution is -2.31. The van der Waals surface area contributed by atoms with E-state index in [4.69, 9.17) is 4.99 Å². The van der Waals surface area contributed by atoms with Gasteiger partial charge in [0.25, 0.3) is 0 Å². The van der Waals surface area contributed by atoms with E-state index in [1.807, 2.05) is 0 Å². The highest BCUT2D eigenvalue weighted by atomic mass is 15.3. The first-order chi connectivity index (χ1) is 9.52. The number of rotatable bonds is 3. The third-order valence-corrected chi connectivity index (χ3v) is 4.43. The van der Waals surface area contributed by atoms with Crippen molar-refractivity contribution in [2.24, 2.45) is 10.9 Å². The second kappa shape index (κ2) is 6.29. The van der Waals surface area contributed by atoms with Crippen LogP contribution >= 0.6 is 0 Å². The van der Waals surface area contributed by atoms with Gasteiger partial charge in [-0.3, -0.25) is 0 Å². The molecule has 0 aromatic heterocycles. The summed E-state index contributed by atoms with van der Waals surface area (Å²) in [5.41, 5.74) is 2.40. The average Bonchev–Trinajstić information content (AvgIpc) is 2.96. The van der Waals surface area contributed by atoms with Crippen molar-refractivity contribution < 1.29 is 0 Å². The van der Waals surface area contributed by atoms with Crippen LogP contribution in [0.25, 0.3) is 0 Å². The van der Waals surface area contributed by atoms with Crippen molar-refractivity contribution in [3.63, 3.8) is 0 Å². The van der Waals surface area contributed by atoms with Gasteiger partial charge in [0.05, 0.1) is 0 Å². The average molecular weight is 273 g/mol. The fraction of sp³-hybridized carbons (Fsp3) is 0.588. The molecule has 0 bridgehead atoms. The molecule has 0 N–H and O–H groups in total. The van der Waals surface area contributed by atoms with Crippen molar-refractivity contribution in [2.45, 2.75) is 40.0 Å². The molecular weight excluding hydrogens is 246 g/mol. The van der Waals surface area contributed by atoms with Gasteiger partial charge in [-0.05, 0) is 49.8 Å². The van der Waals surface area contributed by atoms with Gasteiger partial charge in [-0.15, -0.1) is 0 Å². The number of hydrogen-bond donors (Lipinski definition) is 0. The van der Waals surface area contributed by atoms with E-state index in [-0.39, 0.29) is 0 Å². The second-order valence-corrected chi connectivity index (χ2v) is 5.90. The molecule has 20 heavy (non-hydrogen) atoms. The molecule has 2 aliphatic heterocycles. The highest BCUT2D eigenvalue weighted by Crippen LogP contribution is 2.24. The van der Waals surface area contributed by atoms with Crippen LogP contribution in [0.15, 0.2) is 40.8 Å². The van der Waals surface area contributed by atoms with E-state index < -0.39 is 0 Å². The van der Waals surface area contributed by atoms with Crippen LogP contribution in [0, 0.1) is 5.92 Å². The zero-order chi connectivity index (χ0) is 14.7. The van der Waals surface area contributed by atoms with Gasteiger partial charge in [-0.2, -0.15) is 0 Å². The standard InChI is InChI=1S/C17H27N3/c1-6-13(2)14(3)11-16-18-17(12-15(4)19(16)5)20-9-7-8-10-20/h11-13H,3,6-10H2,1-2,4-5H3/b16-11-. The number of likely N-dealkylation sites (tertiary alicyclic amines) is 1. The highest BCUT2D eigenvalue weighted by molar-refractivity contribution is 5.95. The molecule has 0 aromatic carbocycles. The van der Waals surface area contributed by atoms with E-state index in [1.165, 1.54) is 18.5 Å². The molecular formula is C17H27N3. The quantitative estimate of drug-likeness (QED) is 0.779. The first kappa shape index (κ1) is 14.9. The topological polar surface area (TPSA) is 18.8 Å². The van der Waals surface area contributed by atoms with Gasteiger partial charge in [-0.25, -0.2) is 4.99 Å². The van der Waals surface area contributed by atoms with Gasteiger partial charge in [-0.1, -0.05) is 20.4 Å². The van der Waals surface area contributed by atoms with Crippen LogP contribution in [0.2, 0.25) is 0 Å². The van der Waals surface area contributed by atoms with E-state index in [1.54, 1.807) is 0 Å². The predicted octanol–water partition coefficient (Wildman–Crippen LogP) is 3.77. The van der Waals surface area contributed by atoms with Crippen LogP contribution < -0.4 is 0 Å². The maximum atomic E-state index is 4.84. The van der Waals surface area contributed by atoms with Crippen molar-refractivity contribution in [1.29, 1.82) is 0 Å². The summed E-state index contributed by atoms with van der Waals surface area (Å²) in [6.07, 6.45) is 8.00. The molecule has 1 unspecified atom stereocenters. The molecule has 0 saturated carbocycles. The van der Waals surface area contributed by atoms with Gasteiger partial charge >= 0.3 is 0 Å². The van der Waals surface area contributed by atoms with Crippen LogP contribution in [-0.2, 0) is 0 Å². The molecule has 0 aliphatic carbocycles. The Hall–Kier alpha value is -1.51. The molecule has 0 amide bonds. The van der Waals surface area contributed by atoms with Gasteiger partial charge in [0.1, 0.15) is 11.7 Å². The Labute approximate surface area is 123 Å². The summed E-state index contributed by atoms with van der Waals surface area (Å²) < 4.78 is 0. The fourth-order valence-corrected chi connectivity index (χ4v) is 2.50. The van der Waals surface area contributed by atoms with E-state index in [0.29, 0.717) is 5.92 Å². The number of allylic oxidation sites excluding steroid dienone is 3. The van der Waals surface area contributed by atoms with Gasteiger partial charge in [0.2, 0.25) is 0 Å². The Morgan fingerprint density at radius 2 is 2.10 bits per heavy atom. The number of nitrogens with zero attached hydrogens (tertiary/aromatic N) is 3. The third kappa shape index (κ3) is 3.14. The number of aliphatic imine (C=N–C) groups is 1. The normalized spacial score (nSPS) is 22.9. The number of amidine groups is 1. The minimum Gasteiger partial charge on any atom is -0.356 e. The first-order valence-electron chi connectivity index (χ1n) is 7.69. The molecule has 0 aromatic rings. The molecule has 1 atom stereocenters. The molecule has 3 nitrogen and oxygen atoms in total. The van der Waals surface area contributed by atoms with Crippen LogP contribution in [0.1, 0.15) is 40.0 Å². The Morgan fingerprint density at radius 1 is 1.45 bits per heavy atom. The maximum absolute atomic E-state index is 4.84. The molecule has 3 heteroatoms. The summed E-state index contributed by atoms with van der Waals surface area (Å²) in [5.74, 6) is 2.63. The molecule has 2 rings (SSSR count). The monoisotopic (exact) mass is 273 g/mol. The minimum absolute atomic E-state index is 0.507. The van der Waals surface area contributed by atoms with Gasteiger partial charge < -0.3 is 9.80 Å². The molecule has 0 spiro atoms. The summed E-state index contributed by atoms with van der Waals surface area (Å²) in [7, 11) is 2.08. The Balaban J connectivity index is 2.25. The van der Waals surface area contributed by atoms with Crippen LogP contribution in [0.3, 0.4) is 0 Å². The Bertz CT molecular complexity index is 465. The van der Waals surface area contributed by atoms with Crippen molar-refractivity contribution in [3.05, 3.63) is 35.8 Å². The van der Waals surface area contributed by atoms with Crippen LogP contribution in [0.5, 0.6) is 0 Å². The molecule has 1 saturated heterocycles. The maximum Gasteiger partial charge on any atom is 0.135 e. The second-order valence-electron chi connectivity index (χ2n) is 5.90. The summed E-state index contributed by atoms with van der Waals surface area (Å²) >= 11 is 0. The highest BCUT2D eigenvalue weighted by Gasteiger charge is 2.20. The van der Waals surface area contributed by atoms with Crippen molar-refractivity contribution in [3.8, 4) is 0 Å². The van der Waals surface area contributed by atoms with Crippen molar-refractivity contribution in [2.75, 3.05) is 20.1 Å². The van der Waals surface area contributed by atoms with Crippen molar-refractivity contribution >= 4 is 5.84 Å². The molecule has 1 fully saturated rings. The van der Waals surface area contributed by atoms with E-state index in [9.17, 15) is 0 Å². The number of hydrogen-bond acceptors (Lipinski definition) is 3. The zero-order valence-corrected chi connectivity index (χ0v) is 13.3.